The number of aromatic nitrogens is 1. The van der Waals surface area contributed by atoms with Crippen LogP contribution >= 0.6 is 15.9 Å². The van der Waals surface area contributed by atoms with Gasteiger partial charge in [0.1, 0.15) is 5.82 Å². The van der Waals surface area contributed by atoms with E-state index in [1.54, 1.807) is 0 Å². The summed E-state index contributed by atoms with van der Waals surface area (Å²) < 4.78 is 1.13. The highest BCUT2D eigenvalue weighted by Gasteiger charge is 2.33. The maximum Gasteiger partial charge on any atom is 0.134 e. The number of hydrogen-bond donors (Lipinski definition) is 2. The van der Waals surface area contributed by atoms with Crippen molar-refractivity contribution in [1.29, 1.82) is 0 Å². The molecule has 4 heteroatoms. The number of pyridine rings is 1. The Balaban J connectivity index is 1.64. The van der Waals surface area contributed by atoms with Gasteiger partial charge in [0.15, 0.2) is 0 Å². The molecule has 2 saturated heterocycles. The molecule has 2 aromatic rings. The lowest BCUT2D eigenvalue weighted by Crippen LogP contribution is -2.43. The number of fused-ring (bicyclic) bond motifs is 3. The lowest BCUT2D eigenvalue weighted by molar-refractivity contribution is 0.378. The molecule has 0 aliphatic carbocycles. The van der Waals surface area contributed by atoms with E-state index in [4.69, 9.17) is 0 Å². The summed E-state index contributed by atoms with van der Waals surface area (Å²) >= 11 is 3.62. The van der Waals surface area contributed by atoms with Gasteiger partial charge in [-0.3, -0.25) is 0 Å². The van der Waals surface area contributed by atoms with Crippen molar-refractivity contribution in [1.82, 2.24) is 10.3 Å². The zero-order valence-corrected chi connectivity index (χ0v) is 12.9. The van der Waals surface area contributed by atoms with E-state index < -0.39 is 0 Å². The third-order valence-corrected chi connectivity index (χ3v) is 5.26. The fourth-order valence-electron chi connectivity index (χ4n) is 3.65. The molecule has 2 fully saturated rings. The number of benzene rings is 1. The molecule has 2 N–H and O–H groups in total. The van der Waals surface area contributed by atoms with Crippen molar-refractivity contribution in [2.75, 3.05) is 5.32 Å². The normalized spacial score (nSPS) is 28.8. The molecule has 2 atom stereocenters. The first-order valence-electron chi connectivity index (χ1n) is 7.35. The van der Waals surface area contributed by atoms with Gasteiger partial charge in [-0.1, -0.05) is 28.1 Å². The first-order chi connectivity index (χ1) is 9.79. The smallest absolute Gasteiger partial charge is 0.134 e. The maximum atomic E-state index is 4.56. The summed E-state index contributed by atoms with van der Waals surface area (Å²) in [6, 6.07) is 10.3. The van der Waals surface area contributed by atoms with Crippen LogP contribution in [0, 0.1) is 0 Å². The third kappa shape index (κ3) is 2.21. The predicted molar refractivity (Wildman–Crippen MR) is 86.0 cm³/mol. The molecule has 1 aromatic carbocycles. The topological polar surface area (TPSA) is 37.0 Å². The molecule has 3 heterocycles. The van der Waals surface area contributed by atoms with Crippen LogP contribution in [0.2, 0.25) is 0 Å². The first kappa shape index (κ1) is 12.6. The van der Waals surface area contributed by atoms with Gasteiger partial charge < -0.3 is 10.6 Å². The number of piperidine rings is 1. The Morgan fingerprint density at radius 3 is 2.70 bits per heavy atom. The van der Waals surface area contributed by atoms with E-state index in [2.05, 4.69) is 55.8 Å². The minimum Gasteiger partial charge on any atom is -0.367 e. The van der Waals surface area contributed by atoms with Crippen molar-refractivity contribution in [2.24, 2.45) is 0 Å². The second-order valence-corrected chi connectivity index (χ2v) is 6.80. The summed E-state index contributed by atoms with van der Waals surface area (Å²) in [6.45, 7) is 0. The summed E-state index contributed by atoms with van der Waals surface area (Å²) in [7, 11) is 0. The molecule has 0 saturated carbocycles. The van der Waals surface area contributed by atoms with Crippen molar-refractivity contribution in [3.05, 3.63) is 34.9 Å². The molecule has 4 rings (SSSR count). The maximum absolute atomic E-state index is 4.56. The van der Waals surface area contributed by atoms with Crippen LogP contribution in [-0.2, 0) is 0 Å². The Morgan fingerprint density at radius 1 is 1.10 bits per heavy atom. The molecular weight excluding hydrogens is 314 g/mol. The van der Waals surface area contributed by atoms with Gasteiger partial charge in [-0.25, -0.2) is 4.98 Å². The number of rotatable bonds is 2. The van der Waals surface area contributed by atoms with Gasteiger partial charge in [0.2, 0.25) is 0 Å². The van der Waals surface area contributed by atoms with Gasteiger partial charge in [0.05, 0.1) is 0 Å². The molecular formula is C16H18BrN3. The molecule has 2 bridgehead atoms. The van der Waals surface area contributed by atoms with Gasteiger partial charge in [0, 0.05) is 39.6 Å². The van der Waals surface area contributed by atoms with E-state index in [-0.39, 0.29) is 0 Å². The van der Waals surface area contributed by atoms with Gasteiger partial charge in [0.25, 0.3) is 0 Å². The molecule has 2 aliphatic heterocycles. The summed E-state index contributed by atoms with van der Waals surface area (Å²) in [5, 5.41) is 9.79. The van der Waals surface area contributed by atoms with Crippen LogP contribution in [0.5, 0.6) is 0 Å². The summed E-state index contributed by atoms with van der Waals surface area (Å²) in [5.74, 6) is 1.02. The highest BCUT2D eigenvalue weighted by Crippen LogP contribution is 2.31. The van der Waals surface area contributed by atoms with Crippen molar-refractivity contribution < 1.29 is 0 Å². The monoisotopic (exact) mass is 331 g/mol. The molecule has 0 amide bonds. The number of hydrogen-bond acceptors (Lipinski definition) is 3. The second-order valence-electron chi connectivity index (χ2n) is 5.95. The molecule has 2 unspecified atom stereocenters. The zero-order valence-electron chi connectivity index (χ0n) is 11.3. The summed E-state index contributed by atoms with van der Waals surface area (Å²) in [4.78, 5) is 4.56. The second kappa shape index (κ2) is 5.01. The standard InChI is InChI=1S/C16H18BrN3/c17-15-3-1-2-14-13(15)6-7-18-16(14)20-12-8-10-4-5-11(9-12)19-10/h1-3,6-7,10-12,19H,4-5,8-9H2,(H,18,20). The third-order valence-electron chi connectivity index (χ3n) is 4.57. The van der Waals surface area contributed by atoms with Crippen molar-refractivity contribution >= 4 is 32.5 Å². The number of nitrogens with one attached hydrogen (secondary N) is 2. The van der Waals surface area contributed by atoms with E-state index in [1.165, 1.54) is 36.5 Å². The van der Waals surface area contributed by atoms with E-state index in [9.17, 15) is 0 Å². The average molecular weight is 332 g/mol. The first-order valence-corrected chi connectivity index (χ1v) is 8.15. The minimum atomic E-state index is 0.547. The largest absolute Gasteiger partial charge is 0.367 e. The Morgan fingerprint density at radius 2 is 1.90 bits per heavy atom. The van der Waals surface area contributed by atoms with Crippen LogP contribution in [0.4, 0.5) is 5.82 Å². The SMILES string of the molecule is Brc1cccc2c(NC3CC4CCC(C3)N4)nccc12. The highest BCUT2D eigenvalue weighted by atomic mass is 79.9. The summed E-state index contributed by atoms with van der Waals surface area (Å²) in [5.41, 5.74) is 0. The lowest BCUT2D eigenvalue weighted by Gasteiger charge is -2.30. The molecule has 0 radical (unpaired) electrons. The lowest BCUT2D eigenvalue weighted by atomic mass is 9.99. The Labute approximate surface area is 127 Å². The molecule has 1 aromatic heterocycles. The van der Waals surface area contributed by atoms with E-state index >= 15 is 0 Å². The molecule has 0 spiro atoms. The molecule has 104 valence electrons. The molecule has 2 aliphatic rings. The average Bonchev–Trinajstić information content (AvgIpc) is 2.79. The Bertz CT molecular complexity index is 631. The Hall–Kier alpha value is -1.13. The number of nitrogens with zero attached hydrogens (tertiary/aromatic N) is 1. The van der Waals surface area contributed by atoms with Gasteiger partial charge in [-0.05, 0) is 37.8 Å². The van der Waals surface area contributed by atoms with Crippen molar-refractivity contribution in [3.8, 4) is 0 Å². The van der Waals surface area contributed by atoms with E-state index in [0.29, 0.717) is 18.1 Å². The van der Waals surface area contributed by atoms with Crippen LogP contribution in [0.3, 0.4) is 0 Å². The van der Waals surface area contributed by atoms with Crippen molar-refractivity contribution in [2.45, 2.75) is 43.8 Å². The number of anilines is 1. The molecule has 20 heavy (non-hydrogen) atoms. The van der Waals surface area contributed by atoms with Crippen molar-refractivity contribution in [3.63, 3.8) is 0 Å². The van der Waals surface area contributed by atoms with Crippen LogP contribution in [0.15, 0.2) is 34.9 Å². The van der Waals surface area contributed by atoms with E-state index in [0.717, 1.165) is 10.3 Å². The number of halogens is 1. The van der Waals surface area contributed by atoms with Gasteiger partial charge >= 0.3 is 0 Å². The van der Waals surface area contributed by atoms with Crippen LogP contribution in [0.1, 0.15) is 25.7 Å². The van der Waals surface area contributed by atoms with Crippen LogP contribution in [-0.4, -0.2) is 23.1 Å². The summed E-state index contributed by atoms with van der Waals surface area (Å²) in [6.07, 6.45) is 6.98. The minimum absolute atomic E-state index is 0.547. The fourth-order valence-corrected chi connectivity index (χ4v) is 4.15. The fraction of sp³-hybridized carbons (Fsp3) is 0.438. The predicted octanol–water partition coefficient (Wildman–Crippen LogP) is 3.69. The van der Waals surface area contributed by atoms with Gasteiger partial charge in [-0.15, -0.1) is 0 Å². The van der Waals surface area contributed by atoms with Gasteiger partial charge in [-0.2, -0.15) is 0 Å². The highest BCUT2D eigenvalue weighted by molar-refractivity contribution is 9.10. The van der Waals surface area contributed by atoms with Crippen LogP contribution < -0.4 is 10.6 Å². The molecule has 3 nitrogen and oxygen atoms in total. The quantitative estimate of drug-likeness (QED) is 0.881. The van der Waals surface area contributed by atoms with Crippen LogP contribution in [0.25, 0.3) is 10.8 Å². The van der Waals surface area contributed by atoms with E-state index in [1.807, 2.05) is 6.20 Å². The zero-order chi connectivity index (χ0) is 13.5. The Kier molecular flexibility index (Phi) is 3.15.